The Bertz CT molecular complexity index is 801. The number of thioether (sulfide) groups is 1. The molecule has 2 rings (SSSR count). The van der Waals surface area contributed by atoms with Gasteiger partial charge >= 0.3 is 0 Å². The van der Waals surface area contributed by atoms with Gasteiger partial charge in [0.25, 0.3) is 0 Å². The maximum atomic E-state index is 13.5. The Morgan fingerprint density at radius 3 is 2.74 bits per heavy atom. The maximum absolute atomic E-state index is 13.5. The van der Waals surface area contributed by atoms with Crippen molar-refractivity contribution < 1.29 is 9.18 Å². The fourth-order valence-electron chi connectivity index (χ4n) is 1.92. The molecule has 0 spiro atoms. The Kier molecular flexibility index (Phi) is 5.29. The smallest absolute Gasteiger partial charge is 0.234 e. The average Bonchev–Trinajstić information content (AvgIpc) is 2.48. The molecule has 0 fully saturated rings. The molecule has 1 N–H and O–H groups in total. The van der Waals surface area contributed by atoms with E-state index in [4.69, 9.17) is 5.26 Å². The van der Waals surface area contributed by atoms with Crippen molar-refractivity contribution in [3.05, 3.63) is 46.7 Å². The molecule has 0 aliphatic heterocycles. The first-order chi connectivity index (χ1) is 10.9. The van der Waals surface area contributed by atoms with E-state index in [2.05, 4.69) is 21.4 Å². The van der Waals surface area contributed by atoms with Gasteiger partial charge in [-0.15, -0.1) is 0 Å². The number of carbonyl (C=O) groups excluding carboxylic acids is 1. The minimum Gasteiger partial charge on any atom is -0.325 e. The zero-order valence-corrected chi connectivity index (χ0v) is 13.8. The molecule has 0 radical (unpaired) electrons. The number of amides is 1. The maximum Gasteiger partial charge on any atom is 0.234 e. The predicted octanol–water partition coefficient (Wildman–Crippen LogP) is 3.14. The van der Waals surface area contributed by atoms with Crippen LogP contribution in [0.3, 0.4) is 0 Å². The summed E-state index contributed by atoms with van der Waals surface area (Å²) in [5.74, 6) is -0.0505. The highest BCUT2D eigenvalue weighted by Gasteiger charge is 2.13. The number of aryl methyl sites for hydroxylation is 3. The predicted molar refractivity (Wildman–Crippen MR) is 86.7 cm³/mol. The molecule has 1 amide bonds. The lowest BCUT2D eigenvalue weighted by atomic mass is 10.2. The Morgan fingerprint density at radius 1 is 1.35 bits per heavy atom. The molecule has 0 saturated carbocycles. The first-order valence-corrected chi connectivity index (χ1v) is 7.83. The van der Waals surface area contributed by atoms with E-state index in [1.165, 1.54) is 6.07 Å². The van der Waals surface area contributed by atoms with Crippen LogP contribution in [-0.4, -0.2) is 21.6 Å². The molecule has 7 heteroatoms. The molecule has 0 unspecified atom stereocenters. The van der Waals surface area contributed by atoms with Crippen LogP contribution in [0.4, 0.5) is 10.1 Å². The van der Waals surface area contributed by atoms with Gasteiger partial charge in [0.05, 0.1) is 11.4 Å². The van der Waals surface area contributed by atoms with E-state index >= 15 is 0 Å². The first-order valence-electron chi connectivity index (χ1n) is 6.85. The van der Waals surface area contributed by atoms with Gasteiger partial charge in [-0.3, -0.25) is 4.79 Å². The van der Waals surface area contributed by atoms with E-state index in [9.17, 15) is 9.18 Å². The zero-order chi connectivity index (χ0) is 17.0. The normalized spacial score (nSPS) is 10.2. The summed E-state index contributed by atoms with van der Waals surface area (Å²) < 4.78 is 13.5. The molecule has 0 aliphatic rings. The van der Waals surface area contributed by atoms with Crippen LogP contribution in [-0.2, 0) is 4.79 Å². The molecule has 0 aliphatic carbocycles. The van der Waals surface area contributed by atoms with Crippen molar-refractivity contribution in [2.45, 2.75) is 25.8 Å². The van der Waals surface area contributed by atoms with Crippen molar-refractivity contribution in [3.8, 4) is 6.07 Å². The minimum atomic E-state index is -0.371. The van der Waals surface area contributed by atoms with Crippen molar-refractivity contribution in [1.29, 1.82) is 5.26 Å². The van der Waals surface area contributed by atoms with Crippen LogP contribution < -0.4 is 5.32 Å². The van der Waals surface area contributed by atoms with Crippen LogP contribution in [0.15, 0.2) is 23.2 Å². The van der Waals surface area contributed by atoms with Gasteiger partial charge in [-0.2, -0.15) is 5.26 Å². The van der Waals surface area contributed by atoms with E-state index in [-0.39, 0.29) is 17.5 Å². The zero-order valence-electron chi connectivity index (χ0n) is 13.0. The number of aromatic nitrogens is 2. The molecule has 1 aromatic heterocycles. The van der Waals surface area contributed by atoms with Gasteiger partial charge in [0.2, 0.25) is 5.91 Å². The quantitative estimate of drug-likeness (QED) is 0.688. The first kappa shape index (κ1) is 16.9. The number of anilines is 1. The number of halogens is 1. The number of nitrogens with zero attached hydrogens (tertiary/aromatic N) is 3. The molecule has 5 nitrogen and oxygen atoms in total. The molecule has 118 valence electrons. The van der Waals surface area contributed by atoms with Crippen molar-refractivity contribution >= 4 is 23.4 Å². The van der Waals surface area contributed by atoms with Crippen molar-refractivity contribution in [1.82, 2.24) is 9.97 Å². The summed E-state index contributed by atoms with van der Waals surface area (Å²) in [5.41, 5.74) is 1.87. The topological polar surface area (TPSA) is 78.7 Å². The highest BCUT2D eigenvalue weighted by molar-refractivity contribution is 8.00. The average molecular weight is 330 g/mol. The van der Waals surface area contributed by atoms with Crippen molar-refractivity contribution in [2.75, 3.05) is 11.1 Å². The van der Waals surface area contributed by atoms with Gasteiger partial charge in [-0.25, -0.2) is 14.4 Å². The monoisotopic (exact) mass is 330 g/mol. The summed E-state index contributed by atoms with van der Waals surface area (Å²) in [6.07, 6.45) is 0. The van der Waals surface area contributed by atoms with E-state index in [1.807, 2.05) is 0 Å². The summed E-state index contributed by atoms with van der Waals surface area (Å²) >= 11 is 1.16. The minimum absolute atomic E-state index is 0.0695. The van der Waals surface area contributed by atoms with Crippen molar-refractivity contribution in [3.63, 3.8) is 0 Å². The molecule has 0 bridgehead atoms. The Labute approximate surface area is 138 Å². The lowest BCUT2D eigenvalue weighted by Crippen LogP contribution is -2.14. The van der Waals surface area contributed by atoms with Gasteiger partial charge in [0.1, 0.15) is 28.3 Å². The Hall–Kier alpha value is -2.46. The Morgan fingerprint density at radius 2 is 2.09 bits per heavy atom. The SMILES string of the molecule is Cc1nc(C)c(C#N)c(SCC(=O)Nc2ccc(C)c(F)c2)n1. The number of carbonyl (C=O) groups is 1. The van der Waals surface area contributed by atoms with E-state index in [0.717, 1.165) is 11.8 Å². The van der Waals surface area contributed by atoms with Gasteiger partial charge in [-0.1, -0.05) is 17.8 Å². The molecular weight excluding hydrogens is 315 g/mol. The number of nitriles is 1. The van der Waals surface area contributed by atoms with Crippen LogP contribution in [0.5, 0.6) is 0 Å². The summed E-state index contributed by atoms with van der Waals surface area (Å²) in [5, 5.41) is 12.3. The van der Waals surface area contributed by atoms with Gasteiger partial charge < -0.3 is 5.32 Å². The lowest BCUT2D eigenvalue weighted by Gasteiger charge is -2.08. The fourth-order valence-corrected chi connectivity index (χ4v) is 2.79. The largest absolute Gasteiger partial charge is 0.325 e. The standard InChI is InChI=1S/C16H15FN4OS/c1-9-4-5-12(6-14(9)17)21-15(22)8-23-16-13(7-18)10(2)19-11(3)20-16/h4-6H,8H2,1-3H3,(H,21,22). The van der Waals surface area contributed by atoms with Crippen LogP contribution in [0.25, 0.3) is 0 Å². The van der Waals surface area contributed by atoms with E-state index in [0.29, 0.717) is 33.4 Å². The third-order valence-corrected chi connectivity index (χ3v) is 4.05. The van der Waals surface area contributed by atoms with Gasteiger partial charge in [0, 0.05) is 5.69 Å². The fraction of sp³-hybridized carbons (Fsp3) is 0.250. The van der Waals surface area contributed by atoms with Gasteiger partial charge in [0.15, 0.2) is 0 Å². The van der Waals surface area contributed by atoms with Crippen LogP contribution in [0, 0.1) is 37.9 Å². The third-order valence-electron chi connectivity index (χ3n) is 3.08. The molecule has 0 atom stereocenters. The molecule has 2 aromatic rings. The number of hydrogen-bond acceptors (Lipinski definition) is 5. The summed E-state index contributed by atoms with van der Waals surface area (Å²) in [6, 6.07) is 6.57. The van der Waals surface area contributed by atoms with Crippen LogP contribution in [0.2, 0.25) is 0 Å². The summed E-state index contributed by atoms with van der Waals surface area (Å²) in [4.78, 5) is 20.3. The van der Waals surface area contributed by atoms with E-state index < -0.39 is 0 Å². The van der Waals surface area contributed by atoms with E-state index in [1.54, 1.807) is 32.9 Å². The molecular formula is C16H15FN4OS. The Balaban J connectivity index is 2.05. The summed E-state index contributed by atoms with van der Waals surface area (Å²) in [7, 11) is 0. The van der Waals surface area contributed by atoms with Crippen LogP contribution >= 0.6 is 11.8 Å². The number of nitrogens with one attached hydrogen (secondary N) is 1. The second-order valence-corrected chi connectivity index (χ2v) is 5.91. The van der Waals surface area contributed by atoms with Crippen molar-refractivity contribution in [2.24, 2.45) is 0 Å². The molecule has 1 aromatic carbocycles. The number of rotatable bonds is 4. The number of hydrogen-bond donors (Lipinski definition) is 1. The van der Waals surface area contributed by atoms with Crippen LogP contribution in [0.1, 0.15) is 22.6 Å². The summed E-state index contributed by atoms with van der Waals surface area (Å²) in [6.45, 7) is 5.11. The second kappa shape index (κ2) is 7.20. The number of benzene rings is 1. The lowest BCUT2D eigenvalue weighted by molar-refractivity contribution is -0.113. The highest BCUT2D eigenvalue weighted by atomic mass is 32.2. The molecule has 23 heavy (non-hydrogen) atoms. The molecule has 0 saturated heterocycles. The third kappa shape index (κ3) is 4.27. The highest BCUT2D eigenvalue weighted by Crippen LogP contribution is 2.22. The molecule has 1 heterocycles. The van der Waals surface area contributed by atoms with Gasteiger partial charge in [-0.05, 0) is 38.5 Å². The second-order valence-electron chi connectivity index (χ2n) is 4.95.